The lowest BCUT2D eigenvalue weighted by molar-refractivity contribution is -0.173. The van der Waals surface area contributed by atoms with Gasteiger partial charge in [0.25, 0.3) is 11.8 Å². The highest BCUT2D eigenvalue weighted by Crippen LogP contribution is 2.44. The van der Waals surface area contributed by atoms with Crippen LogP contribution in [0.4, 0.5) is 4.79 Å². The number of nitrogens with zero attached hydrogens (tertiary/aromatic N) is 1. The molecule has 0 fully saturated rings. The molecule has 2 aliphatic heterocycles. The van der Waals surface area contributed by atoms with Gasteiger partial charge in [0.05, 0.1) is 11.1 Å². The van der Waals surface area contributed by atoms with E-state index in [9.17, 15) is 19.2 Å². The van der Waals surface area contributed by atoms with Crippen LogP contribution in [0.5, 0.6) is 5.75 Å². The van der Waals surface area contributed by atoms with Gasteiger partial charge < -0.3 is 19.6 Å². The maximum atomic E-state index is 13.5. The van der Waals surface area contributed by atoms with Gasteiger partial charge in [-0.1, -0.05) is 83.9 Å². The van der Waals surface area contributed by atoms with Crippen molar-refractivity contribution >= 4 is 23.9 Å². The largest absolute Gasteiger partial charge is 0.487 e. The number of rotatable bonds is 6. The molecule has 0 spiro atoms. The molecule has 4 aromatic rings. The normalized spacial score (nSPS) is 17.0. The average molecular weight is 561 g/mol. The van der Waals surface area contributed by atoms with Crippen molar-refractivity contribution in [1.29, 1.82) is 0 Å². The lowest BCUT2D eigenvalue weighted by Gasteiger charge is -2.24. The summed E-state index contributed by atoms with van der Waals surface area (Å²) in [4.78, 5) is 57.6. The molecule has 9 heteroatoms. The van der Waals surface area contributed by atoms with Gasteiger partial charge in [0.2, 0.25) is 0 Å². The highest BCUT2D eigenvalue weighted by molar-refractivity contribution is 6.21. The van der Waals surface area contributed by atoms with E-state index in [0.29, 0.717) is 17.2 Å². The predicted molar refractivity (Wildman–Crippen MR) is 150 cm³/mol. The number of benzene rings is 4. The van der Waals surface area contributed by atoms with Gasteiger partial charge in [0.15, 0.2) is 6.04 Å². The quantitative estimate of drug-likeness (QED) is 0.342. The van der Waals surface area contributed by atoms with Gasteiger partial charge in [0.1, 0.15) is 18.5 Å². The van der Waals surface area contributed by atoms with Crippen LogP contribution in [-0.2, 0) is 20.8 Å². The van der Waals surface area contributed by atoms with E-state index in [-0.39, 0.29) is 23.7 Å². The maximum Gasteiger partial charge on any atom is 0.407 e. The third-order valence-electron chi connectivity index (χ3n) is 7.85. The van der Waals surface area contributed by atoms with Gasteiger partial charge in [-0.05, 0) is 46.0 Å². The topological polar surface area (TPSA) is 111 Å². The van der Waals surface area contributed by atoms with Crippen LogP contribution in [0.1, 0.15) is 43.3 Å². The Labute approximate surface area is 240 Å². The first-order valence-corrected chi connectivity index (χ1v) is 13.6. The van der Waals surface area contributed by atoms with Crippen LogP contribution < -0.4 is 10.1 Å². The summed E-state index contributed by atoms with van der Waals surface area (Å²) >= 11 is 0. The minimum atomic E-state index is -1.38. The van der Waals surface area contributed by atoms with Crippen molar-refractivity contribution in [3.63, 3.8) is 0 Å². The minimum absolute atomic E-state index is 0.0335. The van der Waals surface area contributed by atoms with Gasteiger partial charge in [0, 0.05) is 12.3 Å². The molecule has 0 saturated heterocycles. The molecule has 0 radical (unpaired) electrons. The van der Waals surface area contributed by atoms with E-state index in [4.69, 9.17) is 14.3 Å². The number of para-hydroxylation sites is 1. The van der Waals surface area contributed by atoms with Gasteiger partial charge in [-0.2, -0.15) is 0 Å². The predicted octanol–water partition coefficient (Wildman–Crippen LogP) is 4.65. The van der Waals surface area contributed by atoms with Crippen molar-refractivity contribution in [2.24, 2.45) is 0 Å². The highest BCUT2D eigenvalue weighted by atomic mass is 16.7. The van der Waals surface area contributed by atoms with Crippen molar-refractivity contribution in [2.75, 3.05) is 6.61 Å². The van der Waals surface area contributed by atoms with E-state index >= 15 is 0 Å². The number of nitrogens with one attached hydrogen (secondary N) is 1. The molecule has 2 atom stereocenters. The molecule has 1 N–H and O–H groups in total. The van der Waals surface area contributed by atoms with Crippen molar-refractivity contribution < 1.29 is 33.5 Å². The Morgan fingerprint density at radius 1 is 0.786 bits per heavy atom. The average Bonchev–Trinajstić information content (AvgIpc) is 3.66. The monoisotopic (exact) mass is 560 g/mol. The third-order valence-corrected chi connectivity index (χ3v) is 7.85. The van der Waals surface area contributed by atoms with Crippen LogP contribution in [0.25, 0.3) is 11.1 Å². The Bertz CT molecular complexity index is 1660. The van der Waals surface area contributed by atoms with E-state index in [1.165, 1.54) is 12.1 Å². The molecule has 9 nitrogen and oxygen atoms in total. The van der Waals surface area contributed by atoms with Crippen molar-refractivity contribution in [2.45, 2.75) is 24.5 Å². The Morgan fingerprint density at radius 3 is 1.95 bits per heavy atom. The number of amides is 3. The number of ether oxygens (including phenoxy) is 2. The number of hydrogen-bond donors (Lipinski definition) is 1. The molecule has 42 heavy (non-hydrogen) atoms. The number of hydroxylamine groups is 2. The zero-order valence-electron chi connectivity index (χ0n) is 22.2. The smallest absolute Gasteiger partial charge is 0.407 e. The van der Waals surface area contributed by atoms with Crippen LogP contribution in [0.2, 0.25) is 0 Å². The zero-order chi connectivity index (χ0) is 28.8. The highest BCUT2D eigenvalue weighted by Gasteiger charge is 2.44. The molecular weight excluding hydrogens is 536 g/mol. The number of imide groups is 1. The molecule has 7 rings (SSSR count). The summed E-state index contributed by atoms with van der Waals surface area (Å²) in [5.74, 6) is -2.18. The van der Waals surface area contributed by atoms with Crippen LogP contribution in [0.3, 0.4) is 0 Å². The first-order valence-electron chi connectivity index (χ1n) is 13.6. The Kier molecular flexibility index (Phi) is 6.19. The third kappa shape index (κ3) is 4.26. The zero-order valence-corrected chi connectivity index (χ0v) is 22.2. The minimum Gasteiger partial charge on any atom is -0.487 e. The molecular formula is C33H24N2O7. The number of hydrogen-bond acceptors (Lipinski definition) is 7. The van der Waals surface area contributed by atoms with E-state index in [1.54, 1.807) is 24.3 Å². The molecule has 1 aliphatic carbocycles. The molecule has 0 bridgehead atoms. The number of alkyl carbamates (subject to hydrolysis) is 1. The Balaban J connectivity index is 1.09. The van der Waals surface area contributed by atoms with E-state index in [2.05, 4.69) is 5.32 Å². The lowest BCUT2D eigenvalue weighted by Crippen LogP contribution is -2.53. The fraction of sp³-hybridized carbons (Fsp3) is 0.152. The second-order valence-corrected chi connectivity index (χ2v) is 10.3. The second kappa shape index (κ2) is 10.2. The molecule has 0 aromatic heterocycles. The van der Waals surface area contributed by atoms with Crippen molar-refractivity contribution in [3.05, 3.63) is 125 Å². The Morgan fingerprint density at radius 2 is 1.33 bits per heavy atom. The van der Waals surface area contributed by atoms with Gasteiger partial charge in [-0.3, -0.25) is 9.59 Å². The molecule has 2 heterocycles. The van der Waals surface area contributed by atoms with Gasteiger partial charge in [-0.15, -0.1) is 0 Å². The molecule has 208 valence electrons. The Hall–Kier alpha value is -5.44. The van der Waals surface area contributed by atoms with Gasteiger partial charge >= 0.3 is 12.1 Å². The van der Waals surface area contributed by atoms with Crippen LogP contribution >= 0.6 is 0 Å². The first kappa shape index (κ1) is 25.5. The summed E-state index contributed by atoms with van der Waals surface area (Å²) in [6.07, 6.45) is -1.42. The van der Waals surface area contributed by atoms with E-state index < -0.39 is 36.0 Å². The summed E-state index contributed by atoms with van der Waals surface area (Å²) in [6, 6.07) is 28.0. The van der Waals surface area contributed by atoms with Gasteiger partial charge in [-0.25, -0.2) is 9.59 Å². The fourth-order valence-corrected chi connectivity index (χ4v) is 5.86. The number of carbonyl (C=O) groups is 4. The summed E-state index contributed by atoms with van der Waals surface area (Å²) in [6.45, 7) is 0.0335. The summed E-state index contributed by atoms with van der Waals surface area (Å²) < 4.78 is 11.6. The summed E-state index contributed by atoms with van der Waals surface area (Å²) in [7, 11) is 0. The van der Waals surface area contributed by atoms with E-state index in [1.807, 2.05) is 60.7 Å². The van der Waals surface area contributed by atoms with Crippen molar-refractivity contribution in [1.82, 2.24) is 10.4 Å². The first-order chi connectivity index (χ1) is 20.5. The second-order valence-electron chi connectivity index (χ2n) is 10.3. The summed E-state index contributed by atoms with van der Waals surface area (Å²) in [5, 5.41) is 3.00. The molecule has 4 aromatic carbocycles. The summed E-state index contributed by atoms with van der Waals surface area (Å²) in [5.41, 5.74) is 5.35. The molecule has 3 amide bonds. The fourth-order valence-electron chi connectivity index (χ4n) is 5.86. The van der Waals surface area contributed by atoms with Crippen molar-refractivity contribution in [3.8, 4) is 16.9 Å². The lowest BCUT2D eigenvalue weighted by atomic mass is 9.98. The number of carbonyl (C=O) groups excluding carboxylic acids is 4. The van der Waals surface area contributed by atoms with Crippen LogP contribution in [0.15, 0.2) is 97.1 Å². The molecule has 0 unspecified atom stereocenters. The maximum absolute atomic E-state index is 13.5. The van der Waals surface area contributed by atoms with Crippen LogP contribution in [0, 0.1) is 0 Å². The van der Waals surface area contributed by atoms with E-state index in [0.717, 1.165) is 27.8 Å². The molecule has 3 aliphatic rings. The molecule has 0 saturated carbocycles. The van der Waals surface area contributed by atoms with Crippen LogP contribution in [-0.4, -0.2) is 47.7 Å². The number of fused-ring (bicyclic) bond motifs is 5. The SMILES string of the molecule is O=C(N[C@@H](C(=O)ON1C(=O)c2ccccc2C1=O)[C@H]1Cc2ccccc2O1)OCC1c2ccccc2-c2ccccc21. The standard InChI is InChI=1S/C33H24N2O7/c36-30-24-14-6-7-15-25(24)31(37)35(30)42-32(38)29(28-17-19-9-1-8-16-27(19)41-28)34-33(39)40-18-26-22-12-4-2-10-20(22)21-11-3-5-13-23(21)26/h1-16,26,28-29H,17-18H2,(H,34,39)/t28-,29-/m1/s1.